The zero-order valence-corrected chi connectivity index (χ0v) is 11.9. The second-order valence-electron chi connectivity index (χ2n) is 4.26. The molecule has 0 amide bonds. The van der Waals surface area contributed by atoms with Crippen LogP contribution < -0.4 is 5.32 Å². The number of nitrogens with one attached hydrogen (secondary N) is 1. The molecule has 1 aromatic heterocycles. The highest BCUT2D eigenvalue weighted by molar-refractivity contribution is 7.99. The Labute approximate surface area is 116 Å². The van der Waals surface area contributed by atoms with Crippen LogP contribution in [-0.2, 0) is 6.54 Å². The summed E-state index contributed by atoms with van der Waals surface area (Å²) < 4.78 is 19.2. The molecule has 1 N–H and O–H groups in total. The Kier molecular flexibility index (Phi) is 4.99. The molecule has 102 valence electrons. The minimum absolute atomic E-state index is 0.239. The van der Waals surface area contributed by atoms with E-state index in [1.54, 1.807) is 12.3 Å². The zero-order chi connectivity index (χ0) is 13.7. The van der Waals surface area contributed by atoms with Crippen molar-refractivity contribution in [2.24, 2.45) is 0 Å². The Balaban J connectivity index is 2.17. The van der Waals surface area contributed by atoms with Gasteiger partial charge < -0.3 is 9.73 Å². The predicted octanol–water partition coefficient (Wildman–Crippen LogP) is 3.77. The van der Waals surface area contributed by atoms with Crippen LogP contribution in [0.5, 0.6) is 0 Å². The molecule has 0 saturated carbocycles. The molecule has 2 aromatic rings. The predicted molar refractivity (Wildman–Crippen MR) is 73.8 cm³/mol. The first kappa shape index (κ1) is 14.1. The number of aromatic nitrogens is 1. The monoisotopic (exact) mass is 280 g/mol. The molecule has 1 heterocycles. The van der Waals surface area contributed by atoms with Gasteiger partial charge in [-0.3, -0.25) is 0 Å². The summed E-state index contributed by atoms with van der Waals surface area (Å²) in [6, 6.07) is 5.11. The lowest BCUT2D eigenvalue weighted by Crippen LogP contribution is -2.14. The number of oxazole rings is 1. The van der Waals surface area contributed by atoms with Crippen LogP contribution in [-0.4, -0.2) is 11.5 Å². The number of hydrogen-bond acceptors (Lipinski definition) is 4. The van der Waals surface area contributed by atoms with Crippen molar-refractivity contribution in [3.8, 4) is 0 Å². The maximum absolute atomic E-state index is 13.9. The minimum Gasteiger partial charge on any atom is -0.439 e. The van der Waals surface area contributed by atoms with Crippen molar-refractivity contribution >= 4 is 11.8 Å². The molecule has 0 radical (unpaired) electrons. The second-order valence-corrected chi connectivity index (χ2v) is 5.22. The van der Waals surface area contributed by atoms with Crippen molar-refractivity contribution in [1.82, 2.24) is 10.3 Å². The highest BCUT2D eigenvalue weighted by Crippen LogP contribution is 2.32. The highest BCUT2D eigenvalue weighted by Gasteiger charge is 2.13. The minimum atomic E-state index is -0.239. The molecular weight excluding hydrogens is 263 g/mol. The maximum atomic E-state index is 13.9. The molecule has 1 aromatic carbocycles. The van der Waals surface area contributed by atoms with Gasteiger partial charge in [-0.1, -0.05) is 19.1 Å². The summed E-state index contributed by atoms with van der Waals surface area (Å²) in [5, 5.41) is 3.75. The van der Waals surface area contributed by atoms with E-state index in [1.165, 1.54) is 17.8 Å². The third kappa shape index (κ3) is 3.81. The maximum Gasteiger partial charge on any atom is 0.260 e. The summed E-state index contributed by atoms with van der Waals surface area (Å²) in [4.78, 5) is 4.77. The Morgan fingerprint density at radius 3 is 2.95 bits per heavy atom. The van der Waals surface area contributed by atoms with Gasteiger partial charge in [-0.25, -0.2) is 9.37 Å². The Bertz CT molecular complexity index is 542. The fourth-order valence-corrected chi connectivity index (χ4v) is 2.57. The summed E-state index contributed by atoms with van der Waals surface area (Å²) in [5.41, 5.74) is 1.72. The highest BCUT2D eigenvalue weighted by atomic mass is 32.2. The van der Waals surface area contributed by atoms with E-state index in [1.807, 2.05) is 13.0 Å². The van der Waals surface area contributed by atoms with E-state index in [0.717, 1.165) is 24.2 Å². The largest absolute Gasteiger partial charge is 0.439 e. The third-order valence-corrected chi connectivity index (χ3v) is 3.60. The fraction of sp³-hybridized carbons (Fsp3) is 0.357. The van der Waals surface area contributed by atoms with Gasteiger partial charge in [0.2, 0.25) is 0 Å². The van der Waals surface area contributed by atoms with Gasteiger partial charge in [-0.15, -0.1) is 0 Å². The van der Waals surface area contributed by atoms with Crippen molar-refractivity contribution in [2.45, 2.75) is 36.9 Å². The third-order valence-electron chi connectivity index (χ3n) is 2.58. The van der Waals surface area contributed by atoms with Crippen molar-refractivity contribution < 1.29 is 8.81 Å². The molecule has 3 nitrogen and oxygen atoms in total. The Morgan fingerprint density at radius 1 is 1.42 bits per heavy atom. The molecule has 19 heavy (non-hydrogen) atoms. The second kappa shape index (κ2) is 6.73. The van der Waals surface area contributed by atoms with Gasteiger partial charge in [-0.2, -0.15) is 0 Å². The Morgan fingerprint density at radius 2 is 2.26 bits per heavy atom. The van der Waals surface area contributed by atoms with Crippen molar-refractivity contribution in [3.05, 3.63) is 41.5 Å². The first-order chi connectivity index (χ1) is 9.20. The summed E-state index contributed by atoms with van der Waals surface area (Å²) in [7, 11) is 0. The van der Waals surface area contributed by atoms with Crippen LogP contribution in [0.2, 0.25) is 0 Å². The fourth-order valence-electron chi connectivity index (χ4n) is 1.67. The van der Waals surface area contributed by atoms with Crippen LogP contribution >= 0.6 is 11.8 Å². The number of nitrogens with zero attached hydrogens (tertiary/aromatic N) is 1. The number of hydrogen-bond donors (Lipinski definition) is 1. The average molecular weight is 280 g/mol. The first-order valence-electron chi connectivity index (χ1n) is 6.28. The lowest BCUT2D eigenvalue weighted by Gasteiger charge is -2.09. The summed E-state index contributed by atoms with van der Waals surface area (Å²) in [5.74, 6) is -0.239. The van der Waals surface area contributed by atoms with Crippen molar-refractivity contribution in [3.63, 3.8) is 0 Å². The molecule has 0 aliphatic carbocycles. The molecule has 0 saturated heterocycles. The van der Waals surface area contributed by atoms with Gasteiger partial charge in [0.15, 0.2) is 0 Å². The van der Waals surface area contributed by atoms with Gasteiger partial charge in [-0.05, 0) is 43.3 Å². The van der Waals surface area contributed by atoms with Gasteiger partial charge in [0, 0.05) is 6.54 Å². The molecule has 0 aliphatic heterocycles. The number of rotatable bonds is 6. The lowest BCUT2D eigenvalue weighted by atomic mass is 10.2. The van der Waals surface area contributed by atoms with Crippen LogP contribution in [0.3, 0.4) is 0 Å². The van der Waals surface area contributed by atoms with Crippen LogP contribution in [0.25, 0.3) is 0 Å². The lowest BCUT2D eigenvalue weighted by molar-refractivity contribution is 0.453. The van der Waals surface area contributed by atoms with Gasteiger partial charge in [0.25, 0.3) is 5.22 Å². The van der Waals surface area contributed by atoms with E-state index in [2.05, 4.69) is 17.2 Å². The van der Waals surface area contributed by atoms with Gasteiger partial charge in [0.1, 0.15) is 12.1 Å². The normalized spacial score (nSPS) is 10.9. The number of aryl methyl sites for hydroxylation is 1. The first-order valence-corrected chi connectivity index (χ1v) is 7.10. The summed E-state index contributed by atoms with van der Waals surface area (Å²) >= 11 is 1.23. The smallest absolute Gasteiger partial charge is 0.260 e. The van der Waals surface area contributed by atoms with Gasteiger partial charge >= 0.3 is 0 Å². The molecule has 0 spiro atoms. The van der Waals surface area contributed by atoms with E-state index >= 15 is 0 Å². The van der Waals surface area contributed by atoms with E-state index in [4.69, 9.17) is 4.42 Å². The number of halogens is 1. The van der Waals surface area contributed by atoms with Crippen LogP contribution in [0.15, 0.2) is 39.0 Å². The van der Waals surface area contributed by atoms with Crippen molar-refractivity contribution in [1.29, 1.82) is 0 Å². The molecular formula is C14H17FN2OS. The quantitative estimate of drug-likeness (QED) is 0.817. The summed E-state index contributed by atoms with van der Waals surface area (Å²) in [6.07, 6.45) is 2.62. The van der Waals surface area contributed by atoms with Crippen LogP contribution in [0.4, 0.5) is 4.39 Å². The molecule has 2 rings (SSSR count). The average Bonchev–Trinajstić information content (AvgIpc) is 2.79. The topological polar surface area (TPSA) is 38.1 Å². The molecule has 0 aliphatic rings. The van der Waals surface area contributed by atoms with E-state index in [9.17, 15) is 4.39 Å². The summed E-state index contributed by atoms with van der Waals surface area (Å²) in [6.45, 7) is 5.51. The SMILES string of the molecule is CCCNCc1cccc(F)c1Sc1nc(C)co1. The van der Waals surface area contributed by atoms with Crippen LogP contribution in [0.1, 0.15) is 24.6 Å². The van der Waals surface area contributed by atoms with Crippen LogP contribution in [0, 0.1) is 12.7 Å². The van der Waals surface area contributed by atoms with E-state index in [0.29, 0.717) is 16.7 Å². The Hall–Kier alpha value is -1.33. The molecule has 5 heteroatoms. The van der Waals surface area contributed by atoms with Crippen molar-refractivity contribution in [2.75, 3.05) is 6.54 Å². The zero-order valence-electron chi connectivity index (χ0n) is 11.1. The number of benzene rings is 1. The molecule has 0 atom stereocenters. The van der Waals surface area contributed by atoms with Gasteiger partial charge in [0.05, 0.1) is 10.6 Å². The standard InChI is InChI=1S/C14H17FN2OS/c1-3-7-16-8-11-5-4-6-12(15)13(11)19-14-17-10(2)9-18-14/h4-6,9,16H,3,7-8H2,1-2H3. The van der Waals surface area contributed by atoms with E-state index in [-0.39, 0.29) is 5.82 Å². The molecule has 0 unspecified atom stereocenters. The van der Waals surface area contributed by atoms with E-state index < -0.39 is 0 Å². The molecule has 0 fully saturated rings. The molecule has 0 bridgehead atoms.